The van der Waals surface area contributed by atoms with E-state index in [2.05, 4.69) is 33.5 Å². The zero-order valence-electron chi connectivity index (χ0n) is 24.1. The first kappa shape index (κ1) is 33.2. The maximum Gasteiger partial charge on any atom is 0.315 e. The van der Waals surface area contributed by atoms with Crippen molar-refractivity contribution in [2.45, 2.75) is 111 Å². The number of hydrogen-bond donors (Lipinski definition) is 5. The molecule has 5 amide bonds. The standard InChI is InChI=1S/C29H51N5O4/c1-6-7-8-9-10-11-12-14-20-31-29(38)34-26(22(4)5)28(37)33-24-16-13-15-19-30-25(35)18-17-23(21(2)3)32-27(24)36/h13,16-18,21-24,26H,6-12,14-15,19-20H2,1-5H3,(H,30,35)(H,32,36)(H,33,37)(H2,31,34,38). The van der Waals surface area contributed by atoms with Crippen molar-refractivity contribution < 1.29 is 19.2 Å². The van der Waals surface area contributed by atoms with E-state index < -0.39 is 18.0 Å². The van der Waals surface area contributed by atoms with Crippen molar-refractivity contribution >= 4 is 23.8 Å². The summed E-state index contributed by atoms with van der Waals surface area (Å²) >= 11 is 0. The van der Waals surface area contributed by atoms with Gasteiger partial charge in [-0.15, -0.1) is 0 Å². The average molecular weight is 534 g/mol. The van der Waals surface area contributed by atoms with Crippen LogP contribution in [0.25, 0.3) is 0 Å². The molecule has 1 rings (SSSR count). The molecule has 1 aliphatic heterocycles. The second-order valence-corrected chi connectivity index (χ2v) is 10.7. The van der Waals surface area contributed by atoms with Gasteiger partial charge in [0.05, 0.1) is 0 Å². The number of unbranched alkanes of at least 4 members (excludes halogenated alkanes) is 7. The molecule has 0 saturated carbocycles. The van der Waals surface area contributed by atoms with E-state index in [-0.39, 0.29) is 35.7 Å². The number of nitrogens with one attached hydrogen (secondary N) is 5. The summed E-state index contributed by atoms with van der Waals surface area (Å²) < 4.78 is 0. The van der Waals surface area contributed by atoms with E-state index in [0.717, 1.165) is 12.8 Å². The lowest BCUT2D eigenvalue weighted by molar-refractivity contribution is -0.129. The zero-order chi connectivity index (χ0) is 28.3. The maximum atomic E-state index is 13.2. The van der Waals surface area contributed by atoms with Gasteiger partial charge >= 0.3 is 6.03 Å². The average Bonchev–Trinajstić information content (AvgIpc) is 2.86. The monoisotopic (exact) mass is 533 g/mol. The minimum absolute atomic E-state index is 0.0427. The van der Waals surface area contributed by atoms with Gasteiger partial charge in [-0.3, -0.25) is 14.4 Å². The zero-order valence-corrected chi connectivity index (χ0v) is 24.1. The molecule has 5 N–H and O–H groups in total. The fourth-order valence-electron chi connectivity index (χ4n) is 4.08. The molecule has 0 fully saturated rings. The Balaban J connectivity index is 2.66. The molecule has 216 valence electrons. The molecule has 9 nitrogen and oxygen atoms in total. The molecular formula is C29H51N5O4. The minimum Gasteiger partial charge on any atom is -0.352 e. The number of carbonyl (C=O) groups excluding carboxylic acids is 4. The van der Waals surface area contributed by atoms with Crippen molar-refractivity contribution in [2.24, 2.45) is 11.8 Å². The van der Waals surface area contributed by atoms with Gasteiger partial charge in [0.2, 0.25) is 17.7 Å². The fourth-order valence-corrected chi connectivity index (χ4v) is 4.08. The van der Waals surface area contributed by atoms with E-state index in [1.54, 1.807) is 18.2 Å². The first-order valence-corrected chi connectivity index (χ1v) is 14.4. The summed E-state index contributed by atoms with van der Waals surface area (Å²) in [4.78, 5) is 50.6. The lowest BCUT2D eigenvalue weighted by atomic mass is 10.0. The predicted molar refractivity (Wildman–Crippen MR) is 152 cm³/mol. The Bertz CT molecular complexity index is 794. The summed E-state index contributed by atoms with van der Waals surface area (Å²) in [6.45, 7) is 10.8. The highest BCUT2D eigenvalue weighted by Crippen LogP contribution is 2.09. The summed E-state index contributed by atoms with van der Waals surface area (Å²) in [5.41, 5.74) is 0. The van der Waals surface area contributed by atoms with Gasteiger partial charge in [0.15, 0.2) is 0 Å². The Morgan fingerprint density at radius 2 is 1.63 bits per heavy atom. The number of amides is 5. The maximum absolute atomic E-state index is 13.2. The van der Waals surface area contributed by atoms with E-state index in [1.165, 1.54) is 44.6 Å². The van der Waals surface area contributed by atoms with Crippen LogP contribution >= 0.6 is 0 Å². The number of urea groups is 1. The van der Waals surface area contributed by atoms with E-state index >= 15 is 0 Å². The third-order valence-electron chi connectivity index (χ3n) is 6.55. The molecule has 0 bridgehead atoms. The smallest absolute Gasteiger partial charge is 0.315 e. The molecule has 0 radical (unpaired) electrons. The molecule has 0 spiro atoms. The second-order valence-electron chi connectivity index (χ2n) is 10.7. The van der Waals surface area contributed by atoms with Crippen LogP contribution in [0.1, 0.15) is 92.4 Å². The summed E-state index contributed by atoms with van der Waals surface area (Å²) in [6.07, 6.45) is 16.5. The molecule has 0 aromatic rings. The highest BCUT2D eigenvalue weighted by Gasteiger charge is 2.28. The third-order valence-corrected chi connectivity index (χ3v) is 6.55. The van der Waals surface area contributed by atoms with Crippen LogP contribution in [0.5, 0.6) is 0 Å². The minimum atomic E-state index is -0.907. The first-order valence-electron chi connectivity index (χ1n) is 14.4. The van der Waals surface area contributed by atoms with E-state index in [1.807, 2.05) is 27.7 Å². The summed E-state index contributed by atoms with van der Waals surface area (Å²) in [6, 6.07) is -2.46. The molecule has 1 aliphatic rings. The molecule has 38 heavy (non-hydrogen) atoms. The van der Waals surface area contributed by atoms with Crippen molar-refractivity contribution in [1.29, 1.82) is 0 Å². The Morgan fingerprint density at radius 1 is 0.974 bits per heavy atom. The lowest BCUT2D eigenvalue weighted by Crippen LogP contribution is -2.57. The van der Waals surface area contributed by atoms with Gasteiger partial charge in [-0.1, -0.05) is 97.8 Å². The van der Waals surface area contributed by atoms with Gasteiger partial charge in [0, 0.05) is 25.2 Å². The molecule has 3 atom stereocenters. The van der Waals surface area contributed by atoms with Gasteiger partial charge < -0.3 is 26.6 Å². The summed E-state index contributed by atoms with van der Waals surface area (Å²) in [5.74, 6) is -1.15. The van der Waals surface area contributed by atoms with Crippen molar-refractivity contribution in [3.05, 3.63) is 24.3 Å². The topological polar surface area (TPSA) is 128 Å². The molecular weight excluding hydrogens is 482 g/mol. The number of hydrogen-bond acceptors (Lipinski definition) is 4. The van der Waals surface area contributed by atoms with Crippen molar-refractivity contribution in [2.75, 3.05) is 13.1 Å². The van der Waals surface area contributed by atoms with Crippen molar-refractivity contribution in [3.8, 4) is 0 Å². The normalized spacial score (nSPS) is 19.2. The van der Waals surface area contributed by atoms with Crippen LogP contribution in [0, 0.1) is 11.8 Å². The van der Waals surface area contributed by atoms with Crippen LogP contribution in [0.15, 0.2) is 24.3 Å². The van der Waals surface area contributed by atoms with Gasteiger partial charge in [0.1, 0.15) is 12.1 Å². The molecule has 1 heterocycles. The van der Waals surface area contributed by atoms with E-state index in [0.29, 0.717) is 19.5 Å². The van der Waals surface area contributed by atoms with Crippen LogP contribution < -0.4 is 26.6 Å². The van der Waals surface area contributed by atoms with Gasteiger partial charge in [0.25, 0.3) is 0 Å². The van der Waals surface area contributed by atoms with Crippen LogP contribution in [-0.2, 0) is 14.4 Å². The van der Waals surface area contributed by atoms with E-state index in [4.69, 9.17) is 0 Å². The Morgan fingerprint density at radius 3 is 2.26 bits per heavy atom. The lowest BCUT2D eigenvalue weighted by Gasteiger charge is -2.26. The first-order chi connectivity index (χ1) is 18.1. The molecule has 0 aromatic heterocycles. The molecule has 0 saturated heterocycles. The molecule has 0 aliphatic carbocycles. The number of carbonyl (C=O) groups is 4. The predicted octanol–water partition coefficient (Wildman–Crippen LogP) is 3.71. The highest BCUT2D eigenvalue weighted by molar-refractivity contribution is 5.93. The van der Waals surface area contributed by atoms with Crippen LogP contribution in [0.2, 0.25) is 0 Å². The highest BCUT2D eigenvalue weighted by atomic mass is 16.2. The van der Waals surface area contributed by atoms with Crippen LogP contribution in [-0.4, -0.2) is 55.0 Å². The summed E-state index contributed by atoms with van der Waals surface area (Å²) in [7, 11) is 0. The Hall–Kier alpha value is -2.84. The summed E-state index contributed by atoms with van der Waals surface area (Å²) in [5, 5.41) is 14.1. The van der Waals surface area contributed by atoms with Crippen LogP contribution in [0.4, 0.5) is 4.79 Å². The molecule has 9 heteroatoms. The molecule has 0 aromatic carbocycles. The van der Waals surface area contributed by atoms with Crippen LogP contribution in [0.3, 0.4) is 0 Å². The molecule has 3 unspecified atom stereocenters. The second kappa shape index (κ2) is 19.3. The van der Waals surface area contributed by atoms with Crippen molar-refractivity contribution in [3.63, 3.8) is 0 Å². The Labute approximate surface area is 229 Å². The van der Waals surface area contributed by atoms with Gasteiger partial charge in [-0.05, 0) is 24.7 Å². The quantitative estimate of drug-likeness (QED) is 0.172. The largest absolute Gasteiger partial charge is 0.352 e. The Kier molecular flexibility index (Phi) is 16.8. The van der Waals surface area contributed by atoms with Crippen molar-refractivity contribution in [1.82, 2.24) is 26.6 Å². The third kappa shape index (κ3) is 14.2. The van der Waals surface area contributed by atoms with Gasteiger partial charge in [-0.25, -0.2) is 4.79 Å². The SMILES string of the molecule is CCCCCCCCCCNC(=O)NC(C(=O)NC1C=CCCNC(=O)C=CC(C(C)C)NC1=O)C(C)C. The number of rotatable bonds is 14. The van der Waals surface area contributed by atoms with Gasteiger partial charge in [-0.2, -0.15) is 0 Å². The fraction of sp³-hybridized carbons (Fsp3) is 0.724. The van der Waals surface area contributed by atoms with E-state index in [9.17, 15) is 19.2 Å².